The van der Waals surface area contributed by atoms with Gasteiger partial charge in [-0.2, -0.15) is 0 Å². The Morgan fingerprint density at radius 2 is 2.10 bits per heavy atom. The fourth-order valence-electron chi connectivity index (χ4n) is 1.57. The maximum absolute atomic E-state index is 11.4. The van der Waals surface area contributed by atoms with Crippen LogP contribution >= 0.6 is 0 Å². The van der Waals surface area contributed by atoms with Crippen molar-refractivity contribution in [2.75, 3.05) is 27.4 Å². The molecule has 0 aromatic heterocycles. The number of nitrogens with one attached hydrogen (secondary N) is 1. The molecule has 6 heteroatoms. The number of ether oxygens (including phenoxy) is 2. The molecule has 0 fully saturated rings. The van der Waals surface area contributed by atoms with E-state index in [0.717, 1.165) is 0 Å². The van der Waals surface area contributed by atoms with Gasteiger partial charge >= 0.3 is 0 Å². The zero-order chi connectivity index (χ0) is 15.7. The van der Waals surface area contributed by atoms with E-state index in [-0.39, 0.29) is 12.5 Å². The van der Waals surface area contributed by atoms with Crippen LogP contribution in [-0.2, 0) is 9.63 Å². The lowest BCUT2D eigenvalue weighted by atomic mass is 10.2. The number of nitrogens with zero attached hydrogens (tertiary/aromatic N) is 1. The summed E-state index contributed by atoms with van der Waals surface area (Å²) in [6.45, 7) is 4.55. The standard InChI is InChI=1S/C15H22N2O4/c1-11(2)8-16-14(18)10-21-17-9-12-6-5-7-13(19-3)15(12)20-4/h5-7,9,11H,8,10H2,1-4H3,(H,16,18)/b17-9-. The Hall–Kier alpha value is -2.24. The predicted molar refractivity (Wildman–Crippen MR) is 80.9 cm³/mol. The fraction of sp³-hybridized carbons (Fsp3) is 0.467. The lowest BCUT2D eigenvalue weighted by Gasteiger charge is -2.09. The maximum atomic E-state index is 11.4. The van der Waals surface area contributed by atoms with Gasteiger partial charge in [-0.1, -0.05) is 25.1 Å². The smallest absolute Gasteiger partial charge is 0.260 e. The van der Waals surface area contributed by atoms with Crippen LogP contribution < -0.4 is 14.8 Å². The third kappa shape index (κ3) is 5.72. The molecule has 0 spiro atoms. The van der Waals surface area contributed by atoms with Crippen molar-refractivity contribution in [3.63, 3.8) is 0 Å². The first-order chi connectivity index (χ1) is 10.1. The number of hydrogen-bond donors (Lipinski definition) is 1. The number of methoxy groups -OCH3 is 2. The van der Waals surface area contributed by atoms with Crippen molar-refractivity contribution >= 4 is 12.1 Å². The minimum absolute atomic E-state index is 0.116. The molecule has 0 atom stereocenters. The van der Waals surface area contributed by atoms with E-state index in [2.05, 4.69) is 10.5 Å². The van der Waals surface area contributed by atoms with Crippen molar-refractivity contribution in [3.8, 4) is 11.5 Å². The number of carbonyl (C=O) groups excluding carboxylic acids is 1. The average molecular weight is 294 g/mol. The first-order valence-electron chi connectivity index (χ1n) is 6.71. The molecule has 1 amide bonds. The molecule has 21 heavy (non-hydrogen) atoms. The van der Waals surface area contributed by atoms with Gasteiger partial charge < -0.3 is 19.6 Å². The molecule has 1 rings (SSSR count). The van der Waals surface area contributed by atoms with E-state index in [9.17, 15) is 4.79 Å². The number of oxime groups is 1. The highest BCUT2D eigenvalue weighted by molar-refractivity contribution is 5.84. The highest BCUT2D eigenvalue weighted by Gasteiger charge is 2.07. The van der Waals surface area contributed by atoms with Gasteiger partial charge in [0.15, 0.2) is 18.1 Å². The molecule has 0 saturated carbocycles. The summed E-state index contributed by atoms with van der Waals surface area (Å²) in [5.41, 5.74) is 0.708. The molecular formula is C15H22N2O4. The van der Waals surface area contributed by atoms with E-state index in [1.165, 1.54) is 6.21 Å². The molecule has 1 aromatic carbocycles. The van der Waals surface area contributed by atoms with Crippen LogP contribution in [0.4, 0.5) is 0 Å². The van der Waals surface area contributed by atoms with Gasteiger partial charge in [0.25, 0.3) is 5.91 Å². The zero-order valence-electron chi connectivity index (χ0n) is 12.9. The highest BCUT2D eigenvalue weighted by Crippen LogP contribution is 2.29. The van der Waals surface area contributed by atoms with Gasteiger partial charge in [-0.25, -0.2) is 0 Å². The van der Waals surface area contributed by atoms with Crippen molar-refractivity contribution in [1.82, 2.24) is 5.32 Å². The van der Waals surface area contributed by atoms with Crippen LogP contribution in [-0.4, -0.2) is 39.5 Å². The minimum Gasteiger partial charge on any atom is -0.493 e. The maximum Gasteiger partial charge on any atom is 0.260 e. The number of amides is 1. The largest absolute Gasteiger partial charge is 0.493 e. The van der Waals surface area contributed by atoms with Crippen LogP contribution in [0.25, 0.3) is 0 Å². The van der Waals surface area contributed by atoms with Gasteiger partial charge in [-0.3, -0.25) is 4.79 Å². The lowest BCUT2D eigenvalue weighted by Crippen LogP contribution is -2.30. The van der Waals surface area contributed by atoms with Crippen molar-refractivity contribution in [2.24, 2.45) is 11.1 Å². The van der Waals surface area contributed by atoms with Gasteiger partial charge in [-0.15, -0.1) is 0 Å². The van der Waals surface area contributed by atoms with Crippen molar-refractivity contribution in [1.29, 1.82) is 0 Å². The summed E-state index contributed by atoms with van der Waals surface area (Å²) in [5.74, 6) is 1.38. The summed E-state index contributed by atoms with van der Waals surface area (Å²) in [6.07, 6.45) is 1.48. The van der Waals surface area contributed by atoms with Gasteiger partial charge in [0.05, 0.1) is 20.4 Å². The van der Waals surface area contributed by atoms with Crippen LogP contribution in [0.1, 0.15) is 19.4 Å². The summed E-state index contributed by atoms with van der Waals surface area (Å²) in [4.78, 5) is 16.4. The van der Waals surface area contributed by atoms with Crippen LogP contribution in [0.5, 0.6) is 11.5 Å². The number of rotatable bonds is 8. The van der Waals surface area contributed by atoms with Crippen molar-refractivity contribution < 1.29 is 19.1 Å². The SMILES string of the molecule is COc1cccc(/C=N\OCC(=O)NCC(C)C)c1OC. The van der Waals surface area contributed by atoms with Crippen molar-refractivity contribution in [2.45, 2.75) is 13.8 Å². The van der Waals surface area contributed by atoms with E-state index < -0.39 is 0 Å². The average Bonchev–Trinajstić information content (AvgIpc) is 2.48. The van der Waals surface area contributed by atoms with Crippen LogP contribution in [0.2, 0.25) is 0 Å². The quantitative estimate of drug-likeness (QED) is 0.586. The third-order valence-electron chi connectivity index (χ3n) is 2.60. The predicted octanol–water partition coefficient (Wildman–Crippen LogP) is 1.83. The molecule has 0 bridgehead atoms. The number of para-hydroxylation sites is 1. The Bertz CT molecular complexity index is 487. The molecule has 1 aromatic rings. The van der Waals surface area contributed by atoms with Crippen LogP contribution in [0.3, 0.4) is 0 Å². The Morgan fingerprint density at radius 3 is 2.71 bits per heavy atom. The first kappa shape index (κ1) is 16.8. The molecule has 6 nitrogen and oxygen atoms in total. The summed E-state index contributed by atoms with van der Waals surface area (Å²) in [7, 11) is 3.11. The second-order valence-corrected chi connectivity index (χ2v) is 4.79. The Morgan fingerprint density at radius 1 is 1.33 bits per heavy atom. The molecular weight excluding hydrogens is 272 g/mol. The number of carbonyl (C=O) groups is 1. The van der Waals surface area contributed by atoms with E-state index in [1.54, 1.807) is 20.3 Å². The second kappa shape index (κ2) is 8.84. The van der Waals surface area contributed by atoms with Crippen LogP contribution in [0, 0.1) is 5.92 Å². The summed E-state index contributed by atoms with van der Waals surface area (Å²) in [5, 5.41) is 6.51. The molecule has 0 unspecified atom stereocenters. The third-order valence-corrected chi connectivity index (χ3v) is 2.60. The molecule has 0 aliphatic heterocycles. The van der Waals surface area contributed by atoms with E-state index in [4.69, 9.17) is 14.3 Å². The van der Waals surface area contributed by atoms with Gasteiger partial charge in [-0.05, 0) is 18.1 Å². The molecule has 1 N–H and O–H groups in total. The monoisotopic (exact) mass is 294 g/mol. The van der Waals surface area contributed by atoms with Gasteiger partial charge in [0, 0.05) is 12.1 Å². The van der Waals surface area contributed by atoms with E-state index in [1.807, 2.05) is 26.0 Å². The minimum atomic E-state index is -0.196. The summed E-state index contributed by atoms with van der Waals surface area (Å²) >= 11 is 0. The Balaban J connectivity index is 2.52. The molecule has 116 valence electrons. The molecule has 0 aliphatic carbocycles. The van der Waals surface area contributed by atoms with Gasteiger partial charge in [0.2, 0.25) is 0 Å². The fourth-order valence-corrected chi connectivity index (χ4v) is 1.57. The first-order valence-corrected chi connectivity index (χ1v) is 6.71. The zero-order valence-corrected chi connectivity index (χ0v) is 12.9. The topological polar surface area (TPSA) is 69.2 Å². The molecule has 0 aliphatic rings. The van der Waals surface area contributed by atoms with Gasteiger partial charge in [0.1, 0.15) is 0 Å². The van der Waals surface area contributed by atoms with Crippen LogP contribution in [0.15, 0.2) is 23.4 Å². The number of hydrogen-bond acceptors (Lipinski definition) is 5. The normalized spacial score (nSPS) is 10.7. The summed E-state index contributed by atoms with van der Waals surface area (Å²) in [6, 6.07) is 5.42. The lowest BCUT2D eigenvalue weighted by molar-refractivity contribution is -0.125. The number of benzene rings is 1. The Kier molecular flexibility index (Phi) is 7.08. The molecule has 0 radical (unpaired) electrons. The van der Waals surface area contributed by atoms with Crippen molar-refractivity contribution in [3.05, 3.63) is 23.8 Å². The molecule has 0 saturated heterocycles. The van der Waals surface area contributed by atoms with E-state index in [0.29, 0.717) is 29.5 Å². The summed E-state index contributed by atoms with van der Waals surface area (Å²) < 4.78 is 10.4. The highest BCUT2D eigenvalue weighted by atomic mass is 16.6. The second-order valence-electron chi connectivity index (χ2n) is 4.79. The molecule has 0 heterocycles. The van der Waals surface area contributed by atoms with E-state index >= 15 is 0 Å². The Labute approximate surface area is 125 Å².